The molecule has 1 rings (SSSR count). The molecule has 0 saturated carbocycles. The van der Waals surface area contributed by atoms with Crippen molar-refractivity contribution in [3.63, 3.8) is 0 Å². The first-order valence-electron chi connectivity index (χ1n) is 2.17. The molecule has 0 bridgehead atoms. The van der Waals surface area contributed by atoms with Crippen molar-refractivity contribution in [3.05, 3.63) is 21.9 Å². The monoisotopic (exact) mass is 220 g/mol. The highest BCUT2D eigenvalue weighted by Crippen LogP contribution is 2.01. The van der Waals surface area contributed by atoms with Crippen molar-refractivity contribution in [2.24, 2.45) is 0 Å². The van der Waals surface area contributed by atoms with Crippen LogP contribution in [0.3, 0.4) is 0 Å². The van der Waals surface area contributed by atoms with Gasteiger partial charge in [-0.15, -0.1) is 0 Å². The van der Waals surface area contributed by atoms with Gasteiger partial charge >= 0.3 is 0 Å². The first-order valence-corrected chi connectivity index (χ1v) is 3.25. The summed E-state index contributed by atoms with van der Waals surface area (Å²) in [7, 11) is 0. The van der Waals surface area contributed by atoms with Gasteiger partial charge < -0.3 is 5.73 Å². The zero-order valence-corrected chi connectivity index (χ0v) is 6.29. The molecule has 3 heteroatoms. The molecule has 2 N–H and O–H groups in total. The molecule has 0 aliphatic rings. The van der Waals surface area contributed by atoms with Crippen LogP contribution in [0.1, 0.15) is 0 Å². The van der Waals surface area contributed by atoms with Crippen LogP contribution in [0.4, 0.5) is 5.82 Å². The van der Waals surface area contributed by atoms with Gasteiger partial charge in [-0.05, 0) is 34.7 Å². The Morgan fingerprint density at radius 2 is 2.25 bits per heavy atom. The number of nitrogens with zero attached hydrogens (tertiary/aromatic N) is 1. The van der Waals surface area contributed by atoms with Crippen LogP contribution in [-0.2, 0) is 0 Å². The second kappa shape index (κ2) is 2.30. The summed E-state index contributed by atoms with van der Waals surface area (Å²) in [4.78, 5) is 3.94. The fraction of sp³-hybridized carbons (Fsp3) is 0. The van der Waals surface area contributed by atoms with E-state index in [2.05, 4.69) is 27.6 Å². The van der Waals surface area contributed by atoms with Crippen LogP contribution in [0.25, 0.3) is 0 Å². The SMILES string of the molecule is Nc1cccc(I)n1. The normalized spacial score (nSPS) is 9.12. The van der Waals surface area contributed by atoms with Crippen LogP contribution < -0.4 is 5.73 Å². The first kappa shape index (κ1) is 5.81. The summed E-state index contributed by atoms with van der Waals surface area (Å²) >= 11 is 2.11. The molecule has 1 aromatic rings. The summed E-state index contributed by atoms with van der Waals surface area (Å²) in [5.41, 5.74) is 5.34. The maximum atomic E-state index is 5.34. The van der Waals surface area contributed by atoms with E-state index in [-0.39, 0.29) is 0 Å². The van der Waals surface area contributed by atoms with Crippen molar-refractivity contribution in [1.82, 2.24) is 4.98 Å². The molecule has 0 spiro atoms. The van der Waals surface area contributed by atoms with E-state index in [1.165, 1.54) is 0 Å². The summed E-state index contributed by atoms with van der Waals surface area (Å²) in [6.07, 6.45) is 0. The molecule has 8 heavy (non-hydrogen) atoms. The van der Waals surface area contributed by atoms with E-state index in [0.29, 0.717) is 5.82 Å². The van der Waals surface area contributed by atoms with Gasteiger partial charge in [0.05, 0.1) is 0 Å². The Hall–Kier alpha value is -0.320. The minimum atomic E-state index is 0.580. The lowest BCUT2D eigenvalue weighted by Crippen LogP contribution is -1.89. The fourth-order valence-electron chi connectivity index (χ4n) is 0.424. The van der Waals surface area contributed by atoms with Gasteiger partial charge in [0, 0.05) is 0 Å². The number of hydrogen-bond donors (Lipinski definition) is 1. The van der Waals surface area contributed by atoms with E-state index >= 15 is 0 Å². The van der Waals surface area contributed by atoms with Gasteiger partial charge in [0.1, 0.15) is 9.52 Å². The Balaban J connectivity index is 3.08. The highest BCUT2D eigenvalue weighted by atomic mass is 127. The molecule has 42 valence electrons. The van der Waals surface area contributed by atoms with Crippen molar-refractivity contribution >= 4 is 28.4 Å². The third kappa shape index (κ3) is 1.33. The number of nitrogen functional groups attached to an aromatic ring is 1. The van der Waals surface area contributed by atoms with Gasteiger partial charge in [-0.3, -0.25) is 0 Å². The zero-order chi connectivity index (χ0) is 5.98. The molecule has 0 radical (unpaired) electrons. The molecule has 0 saturated heterocycles. The van der Waals surface area contributed by atoms with Gasteiger partial charge in [-0.1, -0.05) is 6.07 Å². The highest BCUT2D eigenvalue weighted by Gasteiger charge is 1.84. The molecule has 2 nitrogen and oxygen atoms in total. The van der Waals surface area contributed by atoms with Crippen LogP contribution in [0.15, 0.2) is 18.2 Å². The molecule has 0 aliphatic heterocycles. The van der Waals surface area contributed by atoms with E-state index in [4.69, 9.17) is 5.73 Å². The topological polar surface area (TPSA) is 38.9 Å². The van der Waals surface area contributed by atoms with Crippen LogP contribution in [0.5, 0.6) is 0 Å². The predicted molar refractivity (Wildman–Crippen MR) is 41.4 cm³/mol. The third-order valence-corrected chi connectivity index (χ3v) is 1.34. The number of anilines is 1. The summed E-state index contributed by atoms with van der Waals surface area (Å²) in [5, 5.41) is 0. The van der Waals surface area contributed by atoms with E-state index < -0.39 is 0 Å². The largest absolute Gasteiger partial charge is 0.384 e. The fourth-order valence-corrected chi connectivity index (χ4v) is 0.910. The minimum absolute atomic E-state index is 0.580. The first-order chi connectivity index (χ1) is 3.79. The Labute approximate surface area is 61.3 Å². The number of hydrogen-bond acceptors (Lipinski definition) is 2. The molecule has 0 unspecified atom stereocenters. The smallest absolute Gasteiger partial charge is 0.124 e. The lowest BCUT2D eigenvalue weighted by atomic mass is 10.5. The number of pyridine rings is 1. The van der Waals surface area contributed by atoms with Gasteiger partial charge in [0.2, 0.25) is 0 Å². The summed E-state index contributed by atoms with van der Waals surface area (Å²) in [6, 6.07) is 5.54. The molecular formula is C5H5IN2. The van der Waals surface area contributed by atoms with Gasteiger partial charge in [0.15, 0.2) is 0 Å². The number of halogens is 1. The minimum Gasteiger partial charge on any atom is -0.384 e. The molecule has 1 heterocycles. The number of nitrogens with two attached hydrogens (primary N) is 1. The molecular weight excluding hydrogens is 215 g/mol. The van der Waals surface area contributed by atoms with E-state index in [9.17, 15) is 0 Å². The summed E-state index contributed by atoms with van der Waals surface area (Å²) in [5.74, 6) is 0.580. The molecule has 0 aliphatic carbocycles. The van der Waals surface area contributed by atoms with Crippen LogP contribution in [0.2, 0.25) is 0 Å². The molecule has 0 aromatic carbocycles. The third-order valence-electron chi connectivity index (χ3n) is 0.737. The predicted octanol–water partition coefficient (Wildman–Crippen LogP) is 1.27. The standard InChI is InChI=1S/C5H5IN2/c6-4-2-1-3-5(7)8-4/h1-3H,(H2,7,8). The lowest BCUT2D eigenvalue weighted by molar-refractivity contribution is 1.28. The number of aromatic nitrogens is 1. The second-order valence-corrected chi connectivity index (χ2v) is 2.49. The van der Waals surface area contributed by atoms with Crippen molar-refractivity contribution in [3.8, 4) is 0 Å². The zero-order valence-electron chi connectivity index (χ0n) is 4.13. The Morgan fingerprint density at radius 3 is 2.62 bits per heavy atom. The quantitative estimate of drug-likeness (QED) is 0.528. The maximum absolute atomic E-state index is 5.34. The van der Waals surface area contributed by atoms with E-state index in [1.807, 2.05) is 12.1 Å². The Kier molecular flexibility index (Phi) is 1.67. The summed E-state index contributed by atoms with van der Waals surface area (Å²) in [6.45, 7) is 0. The Morgan fingerprint density at radius 1 is 1.50 bits per heavy atom. The van der Waals surface area contributed by atoms with E-state index in [0.717, 1.165) is 3.70 Å². The van der Waals surface area contributed by atoms with Crippen molar-refractivity contribution < 1.29 is 0 Å². The maximum Gasteiger partial charge on any atom is 0.124 e. The molecule has 0 amide bonds. The van der Waals surface area contributed by atoms with Crippen LogP contribution in [0, 0.1) is 3.70 Å². The van der Waals surface area contributed by atoms with Crippen molar-refractivity contribution in [2.75, 3.05) is 5.73 Å². The van der Waals surface area contributed by atoms with Crippen molar-refractivity contribution in [2.45, 2.75) is 0 Å². The van der Waals surface area contributed by atoms with Crippen LogP contribution in [-0.4, -0.2) is 4.98 Å². The number of rotatable bonds is 0. The second-order valence-electron chi connectivity index (χ2n) is 1.39. The molecule has 0 atom stereocenters. The highest BCUT2D eigenvalue weighted by molar-refractivity contribution is 14.1. The summed E-state index contributed by atoms with van der Waals surface area (Å²) < 4.78 is 0.933. The average molecular weight is 220 g/mol. The van der Waals surface area contributed by atoms with Gasteiger partial charge in [0.25, 0.3) is 0 Å². The van der Waals surface area contributed by atoms with E-state index in [1.54, 1.807) is 6.07 Å². The van der Waals surface area contributed by atoms with Crippen LogP contribution >= 0.6 is 22.6 Å². The molecule has 1 aromatic heterocycles. The Bertz CT molecular complexity index is 170. The van der Waals surface area contributed by atoms with Gasteiger partial charge in [-0.2, -0.15) is 0 Å². The lowest BCUT2D eigenvalue weighted by Gasteiger charge is -1.88. The van der Waals surface area contributed by atoms with Crippen molar-refractivity contribution in [1.29, 1.82) is 0 Å². The van der Waals surface area contributed by atoms with Gasteiger partial charge in [-0.25, -0.2) is 4.98 Å². The average Bonchev–Trinajstić information content (AvgIpc) is 1.64. The molecule has 0 fully saturated rings.